The lowest BCUT2D eigenvalue weighted by atomic mass is 10.1. The van der Waals surface area contributed by atoms with Gasteiger partial charge in [0.2, 0.25) is 0 Å². The van der Waals surface area contributed by atoms with E-state index in [1.54, 1.807) is 7.11 Å². The van der Waals surface area contributed by atoms with E-state index in [1.807, 2.05) is 18.2 Å². The monoisotopic (exact) mass is 305 g/mol. The van der Waals surface area contributed by atoms with Crippen molar-refractivity contribution in [3.8, 4) is 0 Å². The summed E-state index contributed by atoms with van der Waals surface area (Å²) in [4.78, 5) is 0. The van der Waals surface area contributed by atoms with Crippen molar-refractivity contribution < 1.29 is 4.74 Å². The Morgan fingerprint density at radius 2 is 2.12 bits per heavy atom. The van der Waals surface area contributed by atoms with E-state index in [-0.39, 0.29) is 0 Å². The van der Waals surface area contributed by atoms with Crippen LogP contribution in [-0.4, -0.2) is 19.8 Å². The molecule has 1 atom stereocenters. The first-order valence-corrected chi connectivity index (χ1v) is 6.42. The van der Waals surface area contributed by atoms with Crippen LogP contribution in [0.4, 0.5) is 5.69 Å². The second kappa shape index (κ2) is 6.48. The van der Waals surface area contributed by atoms with Crippen LogP contribution in [0, 0.1) is 5.92 Å². The van der Waals surface area contributed by atoms with Gasteiger partial charge in [-0.3, -0.25) is 0 Å². The molecule has 1 aromatic rings. The number of halogens is 2. The van der Waals surface area contributed by atoms with Gasteiger partial charge in [-0.1, -0.05) is 25.4 Å². The van der Waals surface area contributed by atoms with Crippen molar-refractivity contribution in [2.75, 3.05) is 19.0 Å². The predicted molar refractivity (Wildman–Crippen MR) is 73.3 cm³/mol. The molecule has 0 radical (unpaired) electrons. The van der Waals surface area contributed by atoms with Gasteiger partial charge in [0, 0.05) is 17.3 Å². The topological polar surface area (TPSA) is 21.3 Å². The second-order valence-electron chi connectivity index (χ2n) is 4.08. The van der Waals surface area contributed by atoms with E-state index in [9.17, 15) is 0 Å². The molecule has 1 unspecified atom stereocenters. The minimum Gasteiger partial charge on any atom is -0.383 e. The predicted octanol–water partition coefficient (Wildman–Crippen LogP) is 4.19. The molecule has 1 aromatic carbocycles. The maximum atomic E-state index is 5.94. The van der Waals surface area contributed by atoms with Gasteiger partial charge in [-0.15, -0.1) is 0 Å². The first kappa shape index (κ1) is 13.8. The van der Waals surface area contributed by atoms with Gasteiger partial charge in [0.1, 0.15) is 0 Å². The number of hydrogen-bond donors (Lipinski definition) is 1. The van der Waals surface area contributed by atoms with Gasteiger partial charge in [0.05, 0.1) is 17.7 Å². The molecule has 0 heterocycles. The Morgan fingerprint density at radius 3 is 2.62 bits per heavy atom. The summed E-state index contributed by atoms with van der Waals surface area (Å²) in [6, 6.07) is 6.13. The Labute approximate surface area is 110 Å². The van der Waals surface area contributed by atoms with Crippen LogP contribution >= 0.6 is 27.5 Å². The van der Waals surface area contributed by atoms with Gasteiger partial charge in [0.15, 0.2) is 0 Å². The third-order valence-corrected chi connectivity index (χ3v) is 3.64. The van der Waals surface area contributed by atoms with Gasteiger partial charge < -0.3 is 10.1 Å². The summed E-state index contributed by atoms with van der Waals surface area (Å²) in [5.74, 6) is 0.509. The van der Waals surface area contributed by atoms with E-state index in [0.29, 0.717) is 18.6 Å². The molecule has 90 valence electrons. The van der Waals surface area contributed by atoms with Crippen molar-refractivity contribution in [3.63, 3.8) is 0 Å². The van der Waals surface area contributed by atoms with Crippen molar-refractivity contribution >= 4 is 33.2 Å². The Kier molecular flexibility index (Phi) is 5.59. The smallest absolute Gasteiger partial charge is 0.0666 e. The minimum absolute atomic E-state index is 0.304. The first-order valence-electron chi connectivity index (χ1n) is 5.25. The van der Waals surface area contributed by atoms with Gasteiger partial charge in [-0.2, -0.15) is 0 Å². The highest BCUT2D eigenvalue weighted by Crippen LogP contribution is 2.26. The number of hydrogen-bond acceptors (Lipinski definition) is 2. The quantitative estimate of drug-likeness (QED) is 0.881. The summed E-state index contributed by atoms with van der Waals surface area (Å²) < 4.78 is 6.09. The van der Waals surface area contributed by atoms with Crippen LogP contribution in [0.25, 0.3) is 0 Å². The maximum absolute atomic E-state index is 5.94. The highest BCUT2D eigenvalue weighted by Gasteiger charge is 2.13. The van der Waals surface area contributed by atoms with Crippen LogP contribution in [0.1, 0.15) is 13.8 Å². The zero-order chi connectivity index (χ0) is 12.1. The average Bonchev–Trinajstić information content (AvgIpc) is 2.22. The molecule has 0 aromatic heterocycles. The molecular formula is C12H17BrClNO. The molecule has 16 heavy (non-hydrogen) atoms. The van der Waals surface area contributed by atoms with Crippen LogP contribution in [-0.2, 0) is 4.74 Å². The summed E-state index contributed by atoms with van der Waals surface area (Å²) in [5.41, 5.74) is 1.05. The molecule has 0 aliphatic carbocycles. The third kappa shape index (κ3) is 3.96. The van der Waals surface area contributed by atoms with E-state index >= 15 is 0 Å². The van der Waals surface area contributed by atoms with Crippen molar-refractivity contribution in [2.24, 2.45) is 5.92 Å². The molecule has 0 aliphatic heterocycles. The molecule has 4 heteroatoms. The number of nitrogens with one attached hydrogen (secondary N) is 1. The Balaban J connectivity index is 2.73. The van der Waals surface area contributed by atoms with Crippen LogP contribution < -0.4 is 5.32 Å². The summed E-state index contributed by atoms with van der Waals surface area (Å²) in [7, 11) is 1.72. The molecule has 0 aliphatic rings. The van der Waals surface area contributed by atoms with Crippen molar-refractivity contribution in [2.45, 2.75) is 19.9 Å². The highest BCUT2D eigenvalue weighted by molar-refractivity contribution is 9.10. The number of ether oxygens (including phenoxy) is 1. The van der Waals surface area contributed by atoms with Gasteiger partial charge >= 0.3 is 0 Å². The zero-order valence-electron chi connectivity index (χ0n) is 9.76. The molecule has 2 nitrogen and oxygen atoms in total. The summed E-state index contributed by atoms with van der Waals surface area (Å²) in [6.07, 6.45) is 0. The van der Waals surface area contributed by atoms with E-state index in [0.717, 1.165) is 15.2 Å². The lowest BCUT2D eigenvalue weighted by Gasteiger charge is -2.22. The Morgan fingerprint density at radius 1 is 1.44 bits per heavy atom. The summed E-state index contributed by atoms with van der Waals surface area (Å²) >= 11 is 9.35. The van der Waals surface area contributed by atoms with Crippen LogP contribution in [0.2, 0.25) is 5.02 Å². The fourth-order valence-corrected chi connectivity index (χ4v) is 1.88. The lowest BCUT2D eigenvalue weighted by molar-refractivity contribution is 0.171. The minimum atomic E-state index is 0.304. The summed E-state index contributed by atoms with van der Waals surface area (Å²) in [6.45, 7) is 5.03. The SMILES string of the molecule is COCC(Nc1ccc(Cl)c(Br)c1)C(C)C. The van der Waals surface area contributed by atoms with E-state index in [2.05, 4.69) is 35.1 Å². The van der Waals surface area contributed by atoms with Gasteiger partial charge in [0.25, 0.3) is 0 Å². The fourth-order valence-electron chi connectivity index (χ4n) is 1.38. The largest absolute Gasteiger partial charge is 0.383 e. The average molecular weight is 307 g/mol. The van der Waals surface area contributed by atoms with Crippen molar-refractivity contribution in [1.29, 1.82) is 0 Å². The standard InChI is InChI=1S/C12H17BrClNO/c1-8(2)12(7-16-3)15-9-4-5-11(14)10(13)6-9/h4-6,8,12,15H,7H2,1-3H3. The highest BCUT2D eigenvalue weighted by atomic mass is 79.9. The molecule has 0 fully saturated rings. The lowest BCUT2D eigenvalue weighted by Crippen LogP contribution is -2.30. The molecule has 0 spiro atoms. The fraction of sp³-hybridized carbons (Fsp3) is 0.500. The van der Waals surface area contributed by atoms with Crippen molar-refractivity contribution in [3.05, 3.63) is 27.7 Å². The summed E-state index contributed by atoms with van der Waals surface area (Å²) in [5, 5.41) is 4.15. The zero-order valence-corrected chi connectivity index (χ0v) is 12.1. The number of methoxy groups -OCH3 is 1. The maximum Gasteiger partial charge on any atom is 0.0666 e. The molecule has 0 amide bonds. The normalized spacial score (nSPS) is 12.9. The number of anilines is 1. The van der Waals surface area contributed by atoms with E-state index in [4.69, 9.17) is 16.3 Å². The van der Waals surface area contributed by atoms with E-state index < -0.39 is 0 Å². The third-order valence-electron chi connectivity index (χ3n) is 2.42. The Hall–Kier alpha value is -0.250. The van der Waals surface area contributed by atoms with Crippen LogP contribution in [0.5, 0.6) is 0 Å². The second-order valence-corrected chi connectivity index (χ2v) is 5.34. The van der Waals surface area contributed by atoms with Gasteiger partial charge in [-0.05, 0) is 40.0 Å². The molecule has 0 bridgehead atoms. The number of rotatable bonds is 5. The van der Waals surface area contributed by atoms with Crippen LogP contribution in [0.15, 0.2) is 22.7 Å². The van der Waals surface area contributed by atoms with Crippen molar-refractivity contribution in [1.82, 2.24) is 0 Å². The molecule has 0 saturated carbocycles. The molecular weight excluding hydrogens is 289 g/mol. The van der Waals surface area contributed by atoms with Gasteiger partial charge in [-0.25, -0.2) is 0 Å². The number of benzene rings is 1. The molecule has 1 N–H and O–H groups in total. The van der Waals surface area contributed by atoms with E-state index in [1.165, 1.54) is 0 Å². The Bertz CT molecular complexity index is 344. The molecule has 1 rings (SSSR count). The first-order chi connectivity index (χ1) is 7.54. The molecule has 0 saturated heterocycles. The van der Waals surface area contributed by atoms with Crippen LogP contribution in [0.3, 0.4) is 0 Å².